The van der Waals surface area contributed by atoms with Crippen LogP contribution in [0.25, 0.3) is 0 Å². The van der Waals surface area contributed by atoms with Gasteiger partial charge in [-0.2, -0.15) is 0 Å². The van der Waals surface area contributed by atoms with E-state index >= 15 is 0 Å². The van der Waals surface area contributed by atoms with Crippen molar-refractivity contribution in [3.63, 3.8) is 0 Å². The second-order valence-electron chi connectivity index (χ2n) is 5.13. The van der Waals surface area contributed by atoms with Crippen LogP contribution in [0.3, 0.4) is 0 Å². The lowest BCUT2D eigenvalue weighted by Gasteiger charge is -2.16. The summed E-state index contributed by atoms with van der Waals surface area (Å²) in [4.78, 5) is 23.8. The molecule has 126 valence electrons. The number of carbonyl (C=O) groups is 2. The molecule has 0 radical (unpaired) electrons. The van der Waals surface area contributed by atoms with Crippen LogP contribution in [0, 0.1) is 5.82 Å². The fourth-order valence-electron chi connectivity index (χ4n) is 2.09. The Morgan fingerprint density at radius 2 is 1.79 bits per heavy atom. The minimum Gasteiger partial charge on any atom is -0.348 e. The van der Waals surface area contributed by atoms with Gasteiger partial charge in [-0.3, -0.25) is 9.59 Å². The van der Waals surface area contributed by atoms with Gasteiger partial charge in [-0.1, -0.05) is 41.4 Å². The third-order valence-corrected chi connectivity index (χ3v) is 3.95. The fourth-order valence-corrected chi connectivity index (χ4v) is 2.64. The molecule has 2 N–H and O–H groups in total. The molecule has 2 aromatic rings. The largest absolute Gasteiger partial charge is 0.348 e. The van der Waals surface area contributed by atoms with Crippen LogP contribution < -0.4 is 10.6 Å². The van der Waals surface area contributed by atoms with E-state index in [4.69, 9.17) is 23.2 Å². The fraction of sp³-hybridized carbons (Fsp3) is 0.176. The number of amides is 2. The quantitative estimate of drug-likeness (QED) is 0.789. The average molecular weight is 369 g/mol. The molecule has 0 saturated carbocycles. The molecule has 0 fully saturated rings. The zero-order chi connectivity index (χ0) is 17.7. The molecule has 0 aliphatic carbocycles. The summed E-state index contributed by atoms with van der Waals surface area (Å²) in [6.07, 6.45) is 0. The second-order valence-corrected chi connectivity index (χ2v) is 5.94. The summed E-state index contributed by atoms with van der Waals surface area (Å²) in [6, 6.07) is 10.5. The predicted octanol–water partition coefficient (Wildman–Crippen LogP) is 3.74. The summed E-state index contributed by atoms with van der Waals surface area (Å²) in [5, 5.41) is 5.32. The minimum absolute atomic E-state index is 0.0857. The molecule has 2 rings (SSSR count). The van der Waals surface area contributed by atoms with Crippen molar-refractivity contribution in [3.8, 4) is 0 Å². The van der Waals surface area contributed by atoms with Crippen molar-refractivity contribution in [1.82, 2.24) is 10.6 Å². The van der Waals surface area contributed by atoms with Gasteiger partial charge in [-0.15, -0.1) is 0 Å². The Morgan fingerprint density at radius 3 is 2.46 bits per heavy atom. The van der Waals surface area contributed by atoms with Crippen LogP contribution in [-0.2, 0) is 4.79 Å². The van der Waals surface area contributed by atoms with Gasteiger partial charge in [0.05, 0.1) is 17.6 Å². The number of halogens is 3. The highest BCUT2D eigenvalue weighted by molar-refractivity contribution is 6.35. The lowest BCUT2D eigenvalue weighted by Crippen LogP contribution is -2.38. The molecule has 2 aromatic carbocycles. The monoisotopic (exact) mass is 368 g/mol. The molecule has 0 aliphatic rings. The first-order valence-corrected chi connectivity index (χ1v) is 7.91. The molecule has 0 aromatic heterocycles. The molecule has 0 spiro atoms. The maximum atomic E-state index is 13.5. The second kappa shape index (κ2) is 8.13. The number of carbonyl (C=O) groups excluding carboxylic acids is 2. The summed E-state index contributed by atoms with van der Waals surface area (Å²) in [5.41, 5.74) is 0.863. The van der Waals surface area contributed by atoms with Crippen molar-refractivity contribution in [2.45, 2.75) is 13.0 Å². The molecule has 0 aliphatic heterocycles. The van der Waals surface area contributed by atoms with E-state index < -0.39 is 17.8 Å². The first-order valence-electron chi connectivity index (χ1n) is 7.15. The van der Waals surface area contributed by atoms with Crippen LogP contribution in [0.15, 0.2) is 42.5 Å². The summed E-state index contributed by atoms with van der Waals surface area (Å²) in [6.45, 7) is 1.46. The highest BCUT2D eigenvalue weighted by Crippen LogP contribution is 2.28. The Kier molecular flexibility index (Phi) is 6.17. The van der Waals surface area contributed by atoms with Crippen molar-refractivity contribution in [1.29, 1.82) is 0 Å². The van der Waals surface area contributed by atoms with Crippen LogP contribution in [0.2, 0.25) is 10.0 Å². The predicted molar refractivity (Wildman–Crippen MR) is 91.8 cm³/mol. The van der Waals surface area contributed by atoms with E-state index in [9.17, 15) is 14.0 Å². The number of benzene rings is 2. The van der Waals surface area contributed by atoms with Gasteiger partial charge in [0.25, 0.3) is 5.91 Å². The van der Waals surface area contributed by atoms with Crippen molar-refractivity contribution in [2.24, 2.45) is 0 Å². The molecule has 4 nitrogen and oxygen atoms in total. The minimum atomic E-state index is -0.616. The van der Waals surface area contributed by atoms with Gasteiger partial charge in [0, 0.05) is 10.6 Å². The molecule has 1 atom stereocenters. The van der Waals surface area contributed by atoms with Gasteiger partial charge < -0.3 is 10.6 Å². The van der Waals surface area contributed by atoms with Gasteiger partial charge in [0.15, 0.2) is 0 Å². The maximum Gasteiger partial charge on any atom is 0.251 e. The normalized spacial score (nSPS) is 11.7. The van der Waals surface area contributed by atoms with Crippen molar-refractivity contribution in [3.05, 3.63) is 69.5 Å². The lowest BCUT2D eigenvalue weighted by molar-refractivity contribution is -0.120. The number of hydrogen-bond acceptors (Lipinski definition) is 2. The maximum absolute atomic E-state index is 13.5. The molecule has 0 heterocycles. The third kappa shape index (κ3) is 4.69. The molecule has 0 bridgehead atoms. The van der Waals surface area contributed by atoms with Crippen molar-refractivity contribution in [2.75, 3.05) is 6.54 Å². The van der Waals surface area contributed by atoms with Crippen LogP contribution in [0.4, 0.5) is 4.39 Å². The number of rotatable bonds is 5. The number of hydrogen-bond donors (Lipinski definition) is 2. The molecule has 2 amide bonds. The van der Waals surface area contributed by atoms with Crippen LogP contribution in [0.5, 0.6) is 0 Å². The topological polar surface area (TPSA) is 58.2 Å². The number of nitrogens with one attached hydrogen (secondary N) is 2. The van der Waals surface area contributed by atoms with Gasteiger partial charge in [0.2, 0.25) is 5.91 Å². The zero-order valence-electron chi connectivity index (χ0n) is 12.8. The van der Waals surface area contributed by atoms with E-state index in [-0.39, 0.29) is 22.5 Å². The van der Waals surface area contributed by atoms with E-state index in [0.717, 1.165) is 0 Å². The standard InChI is InChI=1S/C17H15Cl2FN2O2/c1-10(12-7-15(20)14(19)8-13(12)18)22-16(23)9-21-17(24)11-5-3-2-4-6-11/h2-8,10H,9H2,1H3,(H,21,24)(H,22,23)/t10-/m0/s1. The summed E-state index contributed by atoms with van der Waals surface area (Å²) in [5.74, 6) is -1.39. The summed E-state index contributed by atoms with van der Waals surface area (Å²) in [7, 11) is 0. The van der Waals surface area contributed by atoms with Crippen LogP contribution >= 0.6 is 23.2 Å². The Morgan fingerprint density at radius 1 is 1.12 bits per heavy atom. The summed E-state index contributed by atoms with van der Waals surface area (Å²) < 4.78 is 13.5. The first kappa shape index (κ1) is 18.2. The van der Waals surface area contributed by atoms with Crippen LogP contribution in [0.1, 0.15) is 28.9 Å². The van der Waals surface area contributed by atoms with Gasteiger partial charge in [-0.05, 0) is 36.8 Å². The molecule has 24 heavy (non-hydrogen) atoms. The van der Waals surface area contributed by atoms with Crippen molar-refractivity contribution < 1.29 is 14.0 Å². The Labute approximate surface area is 149 Å². The average Bonchev–Trinajstić information content (AvgIpc) is 2.56. The van der Waals surface area contributed by atoms with Gasteiger partial charge in [-0.25, -0.2) is 4.39 Å². The van der Waals surface area contributed by atoms with Gasteiger partial charge in [0.1, 0.15) is 5.82 Å². The van der Waals surface area contributed by atoms with Crippen molar-refractivity contribution >= 4 is 35.0 Å². The van der Waals surface area contributed by atoms with E-state index in [1.807, 2.05) is 0 Å². The lowest BCUT2D eigenvalue weighted by atomic mass is 10.1. The Hall–Kier alpha value is -2.11. The third-order valence-electron chi connectivity index (χ3n) is 3.33. The highest BCUT2D eigenvalue weighted by atomic mass is 35.5. The molecular weight excluding hydrogens is 354 g/mol. The highest BCUT2D eigenvalue weighted by Gasteiger charge is 2.16. The zero-order valence-corrected chi connectivity index (χ0v) is 14.3. The molecule has 7 heteroatoms. The molecular formula is C17H15Cl2FN2O2. The molecule has 0 saturated heterocycles. The Bertz CT molecular complexity index is 754. The Balaban J connectivity index is 1.93. The van der Waals surface area contributed by atoms with E-state index in [1.165, 1.54) is 12.1 Å². The summed E-state index contributed by atoms with van der Waals surface area (Å²) >= 11 is 11.7. The molecule has 0 unspecified atom stereocenters. The van der Waals surface area contributed by atoms with E-state index in [1.54, 1.807) is 37.3 Å². The smallest absolute Gasteiger partial charge is 0.251 e. The first-order chi connectivity index (χ1) is 11.4. The van der Waals surface area contributed by atoms with Crippen LogP contribution in [-0.4, -0.2) is 18.4 Å². The SMILES string of the molecule is C[C@H](NC(=O)CNC(=O)c1ccccc1)c1cc(F)c(Cl)cc1Cl. The van der Waals surface area contributed by atoms with E-state index in [2.05, 4.69) is 10.6 Å². The van der Waals surface area contributed by atoms with E-state index in [0.29, 0.717) is 11.1 Å². The van der Waals surface area contributed by atoms with Gasteiger partial charge >= 0.3 is 0 Å².